The minimum absolute atomic E-state index is 0.0489. The van der Waals surface area contributed by atoms with Gasteiger partial charge in [-0.15, -0.1) is 0 Å². The Bertz CT molecular complexity index is 969. The van der Waals surface area contributed by atoms with Gasteiger partial charge < -0.3 is 5.32 Å². The first kappa shape index (κ1) is 15.2. The maximum atomic E-state index is 12.3. The lowest BCUT2D eigenvalue weighted by Crippen LogP contribution is -2.13. The maximum absolute atomic E-state index is 12.3. The van der Waals surface area contributed by atoms with Crippen LogP contribution in [0.5, 0.6) is 0 Å². The number of carbonyl (C=O) groups excluding carboxylic acids is 1. The highest BCUT2D eigenvalue weighted by atomic mass is 16.1. The molecule has 0 fully saturated rings. The monoisotopic (exact) mass is 323 g/mol. The van der Waals surface area contributed by atoms with Crippen LogP contribution in [0.15, 0.2) is 91.0 Å². The summed E-state index contributed by atoms with van der Waals surface area (Å²) in [4.78, 5) is 12.3. The lowest BCUT2D eigenvalue weighted by Gasteiger charge is -2.09. The number of amides is 1. The standard InChI is InChI=1S/C23H17NO/c25-23-21-14-8-7-13-20(21)22(24-23)19(18-11-5-2-6-12-18)16-15-17-9-3-1-4-10-17/h1-16H,(H,24,25)/b16-15+,22-19+. The van der Waals surface area contributed by atoms with Crippen LogP contribution in [0.4, 0.5) is 0 Å². The Labute approximate surface area is 147 Å². The Morgan fingerprint density at radius 1 is 0.720 bits per heavy atom. The van der Waals surface area contributed by atoms with Gasteiger partial charge >= 0.3 is 0 Å². The van der Waals surface area contributed by atoms with E-state index < -0.39 is 0 Å². The van der Waals surface area contributed by atoms with Gasteiger partial charge in [0.15, 0.2) is 0 Å². The van der Waals surface area contributed by atoms with Crippen molar-refractivity contribution in [3.05, 3.63) is 113 Å². The fraction of sp³-hybridized carbons (Fsp3) is 0. The first-order chi connectivity index (χ1) is 12.3. The number of allylic oxidation sites excluding steroid dienone is 2. The molecule has 0 bridgehead atoms. The second-order valence-corrected chi connectivity index (χ2v) is 5.90. The average Bonchev–Trinajstić information content (AvgIpc) is 3.01. The van der Waals surface area contributed by atoms with Crippen molar-refractivity contribution in [3.63, 3.8) is 0 Å². The van der Waals surface area contributed by atoms with Gasteiger partial charge in [0.25, 0.3) is 5.91 Å². The van der Waals surface area contributed by atoms with Gasteiger partial charge in [0.1, 0.15) is 0 Å². The molecule has 2 nitrogen and oxygen atoms in total. The first-order valence-electron chi connectivity index (χ1n) is 8.26. The van der Waals surface area contributed by atoms with Crippen LogP contribution >= 0.6 is 0 Å². The number of hydrogen-bond acceptors (Lipinski definition) is 1. The summed E-state index contributed by atoms with van der Waals surface area (Å²) in [6, 6.07) is 28.0. The van der Waals surface area contributed by atoms with E-state index in [9.17, 15) is 4.79 Å². The summed E-state index contributed by atoms with van der Waals surface area (Å²) in [5.41, 5.74) is 5.72. The summed E-state index contributed by atoms with van der Waals surface area (Å²) in [5, 5.41) is 3.04. The number of fused-ring (bicyclic) bond motifs is 1. The highest BCUT2D eigenvalue weighted by molar-refractivity contribution is 6.15. The van der Waals surface area contributed by atoms with Crippen LogP contribution in [0.25, 0.3) is 17.3 Å². The third-order valence-electron chi connectivity index (χ3n) is 4.28. The Morgan fingerprint density at radius 3 is 2.04 bits per heavy atom. The molecular weight excluding hydrogens is 306 g/mol. The number of benzene rings is 3. The summed E-state index contributed by atoms with van der Waals surface area (Å²) >= 11 is 0. The third-order valence-corrected chi connectivity index (χ3v) is 4.28. The topological polar surface area (TPSA) is 29.1 Å². The Balaban J connectivity index is 1.88. The minimum atomic E-state index is -0.0489. The molecule has 0 saturated carbocycles. The minimum Gasteiger partial charge on any atom is -0.321 e. The molecule has 3 aromatic rings. The summed E-state index contributed by atoms with van der Waals surface area (Å²) in [7, 11) is 0. The van der Waals surface area contributed by atoms with E-state index in [1.54, 1.807) is 0 Å². The molecule has 0 atom stereocenters. The van der Waals surface area contributed by atoms with Crippen molar-refractivity contribution in [1.82, 2.24) is 5.32 Å². The lowest BCUT2D eigenvalue weighted by molar-refractivity contribution is 0.0981. The van der Waals surface area contributed by atoms with Gasteiger partial charge in [0.2, 0.25) is 0 Å². The van der Waals surface area contributed by atoms with Crippen LogP contribution in [-0.2, 0) is 0 Å². The van der Waals surface area contributed by atoms with Crippen molar-refractivity contribution >= 4 is 23.3 Å². The number of rotatable bonds is 3. The molecular formula is C23H17NO. The SMILES string of the molecule is O=C1N/C(=C(\C=C\c2ccccc2)c2ccccc2)c2ccccc21. The lowest BCUT2D eigenvalue weighted by atomic mass is 9.98. The van der Waals surface area contributed by atoms with Gasteiger partial charge in [0, 0.05) is 16.7 Å². The normalized spacial score (nSPS) is 15.1. The summed E-state index contributed by atoms with van der Waals surface area (Å²) < 4.78 is 0. The number of carbonyl (C=O) groups is 1. The van der Waals surface area contributed by atoms with Gasteiger partial charge in [0.05, 0.1) is 5.70 Å². The smallest absolute Gasteiger partial charge is 0.256 e. The average molecular weight is 323 g/mol. The molecule has 0 spiro atoms. The van der Waals surface area contributed by atoms with Crippen LogP contribution in [0.2, 0.25) is 0 Å². The largest absolute Gasteiger partial charge is 0.321 e. The zero-order chi connectivity index (χ0) is 17.1. The van der Waals surface area contributed by atoms with Crippen molar-refractivity contribution in [1.29, 1.82) is 0 Å². The maximum Gasteiger partial charge on any atom is 0.256 e. The molecule has 0 saturated heterocycles. The van der Waals surface area contributed by atoms with E-state index in [2.05, 4.69) is 41.7 Å². The molecule has 0 radical (unpaired) electrons. The van der Waals surface area contributed by atoms with E-state index in [1.165, 1.54) is 0 Å². The highest BCUT2D eigenvalue weighted by Gasteiger charge is 2.25. The quantitative estimate of drug-likeness (QED) is 0.721. The molecule has 0 aromatic heterocycles. The van der Waals surface area contributed by atoms with Crippen molar-refractivity contribution in [3.8, 4) is 0 Å². The van der Waals surface area contributed by atoms with Gasteiger partial charge in [-0.1, -0.05) is 91.0 Å². The first-order valence-corrected chi connectivity index (χ1v) is 8.26. The molecule has 1 aliphatic rings. The van der Waals surface area contributed by atoms with Crippen molar-refractivity contribution in [2.24, 2.45) is 0 Å². The Morgan fingerprint density at radius 2 is 1.32 bits per heavy atom. The number of nitrogens with one attached hydrogen (secondary N) is 1. The molecule has 1 aliphatic heterocycles. The molecule has 0 aliphatic carbocycles. The molecule has 0 unspecified atom stereocenters. The molecule has 3 aromatic carbocycles. The van der Waals surface area contributed by atoms with Crippen molar-refractivity contribution in [2.75, 3.05) is 0 Å². The second-order valence-electron chi connectivity index (χ2n) is 5.90. The van der Waals surface area contributed by atoms with Crippen LogP contribution in [0.1, 0.15) is 27.0 Å². The van der Waals surface area contributed by atoms with Crippen molar-refractivity contribution < 1.29 is 4.79 Å². The predicted octanol–water partition coefficient (Wildman–Crippen LogP) is 5.01. The molecule has 2 heteroatoms. The summed E-state index contributed by atoms with van der Waals surface area (Å²) in [5.74, 6) is -0.0489. The molecule has 1 heterocycles. The fourth-order valence-corrected chi connectivity index (χ4v) is 3.05. The van der Waals surface area contributed by atoms with E-state index in [1.807, 2.05) is 60.7 Å². The van der Waals surface area contributed by atoms with E-state index in [0.29, 0.717) is 0 Å². The molecule has 1 N–H and O–H groups in total. The molecule has 4 rings (SSSR count). The van der Waals surface area contributed by atoms with Crippen molar-refractivity contribution in [2.45, 2.75) is 0 Å². The van der Waals surface area contributed by atoms with Gasteiger partial charge in [-0.25, -0.2) is 0 Å². The zero-order valence-corrected chi connectivity index (χ0v) is 13.6. The summed E-state index contributed by atoms with van der Waals surface area (Å²) in [6.07, 6.45) is 4.14. The van der Waals surface area contributed by atoms with Gasteiger partial charge in [-0.2, -0.15) is 0 Å². The molecule has 1 amide bonds. The van der Waals surface area contributed by atoms with Crippen LogP contribution in [0.3, 0.4) is 0 Å². The zero-order valence-electron chi connectivity index (χ0n) is 13.6. The van der Waals surface area contributed by atoms with Gasteiger partial charge in [-0.3, -0.25) is 4.79 Å². The Kier molecular flexibility index (Phi) is 4.01. The van der Waals surface area contributed by atoms with E-state index in [4.69, 9.17) is 0 Å². The predicted molar refractivity (Wildman–Crippen MR) is 103 cm³/mol. The molecule has 25 heavy (non-hydrogen) atoms. The highest BCUT2D eigenvalue weighted by Crippen LogP contribution is 2.32. The van der Waals surface area contributed by atoms with Crippen LogP contribution < -0.4 is 5.32 Å². The fourth-order valence-electron chi connectivity index (χ4n) is 3.05. The van der Waals surface area contributed by atoms with E-state index in [0.717, 1.165) is 33.5 Å². The van der Waals surface area contributed by atoms with Crippen LogP contribution in [-0.4, -0.2) is 5.91 Å². The Hall–Kier alpha value is -3.39. The number of hydrogen-bond donors (Lipinski definition) is 1. The molecule has 120 valence electrons. The second kappa shape index (κ2) is 6.62. The van der Waals surface area contributed by atoms with Gasteiger partial charge in [-0.05, 0) is 17.2 Å². The van der Waals surface area contributed by atoms with E-state index in [-0.39, 0.29) is 5.91 Å². The van der Waals surface area contributed by atoms with E-state index >= 15 is 0 Å². The van der Waals surface area contributed by atoms with Crippen LogP contribution in [0, 0.1) is 0 Å². The summed E-state index contributed by atoms with van der Waals surface area (Å²) in [6.45, 7) is 0. The third kappa shape index (κ3) is 3.02.